The van der Waals surface area contributed by atoms with Gasteiger partial charge >= 0.3 is 0 Å². The van der Waals surface area contributed by atoms with Crippen LogP contribution in [0, 0.1) is 0 Å². The van der Waals surface area contributed by atoms with Crippen molar-refractivity contribution in [3.63, 3.8) is 0 Å². The minimum Gasteiger partial charge on any atom is -0.392 e. The first kappa shape index (κ1) is 8.68. The standard InChI is InChI=1S/C6H12N4/c1-8-4-5(9-2)6(7)10-3/h4,8H,2H2,1,3H3,(H2,7,10)/b5-4-. The monoisotopic (exact) mass is 140 g/mol. The van der Waals surface area contributed by atoms with E-state index in [4.69, 9.17) is 5.73 Å². The molecule has 0 rings (SSSR count). The summed E-state index contributed by atoms with van der Waals surface area (Å²) in [5, 5.41) is 2.78. The third kappa shape index (κ3) is 2.30. The number of hydrogen-bond donors (Lipinski definition) is 2. The van der Waals surface area contributed by atoms with E-state index in [1.807, 2.05) is 0 Å². The lowest BCUT2D eigenvalue weighted by atomic mass is 10.4. The summed E-state index contributed by atoms with van der Waals surface area (Å²) in [4.78, 5) is 7.37. The van der Waals surface area contributed by atoms with Crippen LogP contribution in [-0.2, 0) is 0 Å². The topological polar surface area (TPSA) is 62.8 Å². The molecular formula is C6H12N4. The third-order valence-corrected chi connectivity index (χ3v) is 0.955. The molecule has 0 radical (unpaired) electrons. The van der Waals surface area contributed by atoms with E-state index < -0.39 is 0 Å². The molecule has 0 aliphatic rings. The molecule has 0 amide bonds. The molecule has 3 N–H and O–H groups in total. The number of nitrogens with zero attached hydrogens (tertiary/aromatic N) is 2. The highest BCUT2D eigenvalue weighted by molar-refractivity contribution is 5.96. The molecule has 4 nitrogen and oxygen atoms in total. The van der Waals surface area contributed by atoms with Crippen LogP contribution in [0.2, 0.25) is 0 Å². The van der Waals surface area contributed by atoms with Crippen LogP contribution in [-0.4, -0.2) is 26.6 Å². The maximum Gasteiger partial charge on any atom is 0.145 e. The van der Waals surface area contributed by atoms with Crippen LogP contribution in [0.4, 0.5) is 0 Å². The largest absolute Gasteiger partial charge is 0.392 e. The molecule has 0 aliphatic carbocycles. The zero-order valence-electron chi connectivity index (χ0n) is 6.26. The van der Waals surface area contributed by atoms with Crippen LogP contribution in [0.15, 0.2) is 21.9 Å². The van der Waals surface area contributed by atoms with Gasteiger partial charge in [-0.3, -0.25) is 9.98 Å². The van der Waals surface area contributed by atoms with Crippen molar-refractivity contribution in [1.82, 2.24) is 5.32 Å². The van der Waals surface area contributed by atoms with Crippen LogP contribution >= 0.6 is 0 Å². The second-order valence-electron chi connectivity index (χ2n) is 1.59. The zero-order valence-corrected chi connectivity index (χ0v) is 6.26. The Bertz CT molecular complexity index is 169. The fourth-order valence-electron chi connectivity index (χ4n) is 0.452. The van der Waals surface area contributed by atoms with Crippen molar-refractivity contribution in [1.29, 1.82) is 0 Å². The predicted molar refractivity (Wildman–Crippen MR) is 44.2 cm³/mol. The van der Waals surface area contributed by atoms with Crippen LogP contribution < -0.4 is 11.1 Å². The summed E-state index contributed by atoms with van der Waals surface area (Å²) in [5.41, 5.74) is 5.98. The molecule has 0 aromatic heterocycles. The first-order valence-corrected chi connectivity index (χ1v) is 2.83. The number of nitrogens with two attached hydrogens (primary N) is 1. The fourth-order valence-corrected chi connectivity index (χ4v) is 0.452. The molecule has 0 aromatic rings. The molecular weight excluding hydrogens is 128 g/mol. The van der Waals surface area contributed by atoms with Crippen LogP contribution in [0.3, 0.4) is 0 Å². The van der Waals surface area contributed by atoms with Gasteiger partial charge in [0, 0.05) is 20.3 Å². The molecule has 0 fully saturated rings. The van der Waals surface area contributed by atoms with Crippen molar-refractivity contribution in [3.05, 3.63) is 11.9 Å². The van der Waals surface area contributed by atoms with E-state index in [1.165, 1.54) is 0 Å². The Morgan fingerprint density at radius 3 is 2.60 bits per heavy atom. The smallest absolute Gasteiger partial charge is 0.145 e. The molecule has 4 heteroatoms. The van der Waals surface area contributed by atoms with Crippen LogP contribution in [0.5, 0.6) is 0 Å². The number of nitrogens with one attached hydrogen (secondary N) is 1. The zero-order chi connectivity index (χ0) is 7.98. The molecule has 56 valence electrons. The van der Waals surface area contributed by atoms with Crippen molar-refractivity contribution in [3.8, 4) is 0 Å². The lowest BCUT2D eigenvalue weighted by Crippen LogP contribution is -2.15. The van der Waals surface area contributed by atoms with E-state index in [0.717, 1.165) is 0 Å². The van der Waals surface area contributed by atoms with Gasteiger partial charge in [0.1, 0.15) is 11.5 Å². The summed E-state index contributed by atoms with van der Waals surface area (Å²) in [6.45, 7) is 3.33. The average Bonchev–Trinajstić information content (AvgIpc) is 1.99. The molecule has 0 saturated carbocycles. The van der Waals surface area contributed by atoms with E-state index in [-0.39, 0.29) is 0 Å². The molecule has 0 saturated heterocycles. The maximum atomic E-state index is 5.42. The van der Waals surface area contributed by atoms with E-state index in [2.05, 4.69) is 22.0 Å². The van der Waals surface area contributed by atoms with E-state index in [1.54, 1.807) is 20.3 Å². The van der Waals surface area contributed by atoms with Crippen molar-refractivity contribution in [2.24, 2.45) is 15.7 Å². The second kappa shape index (κ2) is 4.55. The van der Waals surface area contributed by atoms with Gasteiger partial charge in [-0.1, -0.05) is 0 Å². The van der Waals surface area contributed by atoms with Gasteiger partial charge in [-0.15, -0.1) is 0 Å². The summed E-state index contributed by atoms with van der Waals surface area (Å²) in [6.07, 6.45) is 1.63. The molecule has 0 spiro atoms. The molecule has 0 bridgehead atoms. The quantitative estimate of drug-likeness (QED) is 0.419. The first-order chi connectivity index (χ1) is 4.76. The van der Waals surface area contributed by atoms with Gasteiger partial charge in [0.05, 0.1) is 0 Å². The molecule has 0 atom stereocenters. The lowest BCUT2D eigenvalue weighted by Gasteiger charge is -1.97. The molecule has 0 heterocycles. The van der Waals surface area contributed by atoms with Gasteiger partial charge in [0.25, 0.3) is 0 Å². The predicted octanol–water partition coefficient (Wildman–Crippen LogP) is -0.265. The van der Waals surface area contributed by atoms with Gasteiger partial charge in [-0.2, -0.15) is 0 Å². The summed E-state index contributed by atoms with van der Waals surface area (Å²) >= 11 is 0. The summed E-state index contributed by atoms with van der Waals surface area (Å²) in [6, 6.07) is 0. The highest BCUT2D eigenvalue weighted by Crippen LogP contribution is 1.91. The SMILES string of the molecule is C=NC(=C\NC)/C(N)=N\C. The van der Waals surface area contributed by atoms with E-state index in [0.29, 0.717) is 11.5 Å². The summed E-state index contributed by atoms with van der Waals surface area (Å²) in [7, 11) is 3.36. The van der Waals surface area contributed by atoms with Gasteiger partial charge < -0.3 is 11.1 Å². The lowest BCUT2D eigenvalue weighted by molar-refractivity contribution is 1.08. The normalized spacial score (nSPS) is 13.0. The minimum absolute atomic E-state index is 0.379. The summed E-state index contributed by atoms with van der Waals surface area (Å²) < 4.78 is 0. The van der Waals surface area contributed by atoms with Gasteiger partial charge in [-0.25, -0.2) is 0 Å². The molecule has 0 unspecified atom stereocenters. The van der Waals surface area contributed by atoms with Crippen LogP contribution in [0.1, 0.15) is 0 Å². The number of aliphatic imine (C=N–C) groups is 2. The van der Waals surface area contributed by atoms with Crippen molar-refractivity contribution in [2.75, 3.05) is 14.1 Å². The first-order valence-electron chi connectivity index (χ1n) is 2.83. The number of amidine groups is 1. The van der Waals surface area contributed by atoms with Crippen molar-refractivity contribution < 1.29 is 0 Å². The number of rotatable bonds is 3. The maximum absolute atomic E-state index is 5.42. The molecule has 10 heavy (non-hydrogen) atoms. The van der Waals surface area contributed by atoms with Crippen LogP contribution in [0.25, 0.3) is 0 Å². The van der Waals surface area contributed by atoms with E-state index >= 15 is 0 Å². The van der Waals surface area contributed by atoms with Gasteiger partial charge in [0.2, 0.25) is 0 Å². The fraction of sp³-hybridized carbons (Fsp3) is 0.333. The average molecular weight is 140 g/mol. The Morgan fingerprint density at radius 1 is 1.70 bits per heavy atom. The Labute approximate surface area is 60.6 Å². The van der Waals surface area contributed by atoms with Gasteiger partial charge in [0.15, 0.2) is 0 Å². The van der Waals surface area contributed by atoms with Crippen molar-refractivity contribution >= 4 is 12.6 Å². The van der Waals surface area contributed by atoms with Gasteiger partial charge in [-0.05, 0) is 6.72 Å². The number of hydrogen-bond acceptors (Lipinski definition) is 3. The van der Waals surface area contributed by atoms with Crippen molar-refractivity contribution in [2.45, 2.75) is 0 Å². The Kier molecular flexibility index (Phi) is 3.95. The Balaban J connectivity index is 4.35. The second-order valence-corrected chi connectivity index (χ2v) is 1.59. The Morgan fingerprint density at radius 2 is 2.30 bits per heavy atom. The summed E-state index contributed by atoms with van der Waals surface area (Å²) in [5.74, 6) is 0.379. The highest BCUT2D eigenvalue weighted by Gasteiger charge is 1.94. The van der Waals surface area contributed by atoms with E-state index in [9.17, 15) is 0 Å². The Hall–Kier alpha value is -1.32. The third-order valence-electron chi connectivity index (χ3n) is 0.955. The molecule has 0 aromatic carbocycles. The highest BCUT2D eigenvalue weighted by atomic mass is 14.9. The minimum atomic E-state index is 0.379. The molecule has 0 aliphatic heterocycles.